The van der Waals surface area contributed by atoms with E-state index in [4.69, 9.17) is 15.2 Å². The molecule has 8 nitrogen and oxygen atoms in total. The molecule has 4 rings (SSSR count). The highest BCUT2D eigenvalue weighted by atomic mass is 16.5. The zero-order valence-corrected chi connectivity index (χ0v) is 17.6. The second kappa shape index (κ2) is 8.91. The first-order valence-corrected chi connectivity index (χ1v) is 10.0. The fraction of sp³-hybridized carbons (Fsp3) is 0.261. The fourth-order valence-corrected chi connectivity index (χ4v) is 3.72. The van der Waals surface area contributed by atoms with Gasteiger partial charge in [-0.1, -0.05) is 30.3 Å². The van der Waals surface area contributed by atoms with Gasteiger partial charge in [-0.25, -0.2) is 4.98 Å². The van der Waals surface area contributed by atoms with E-state index >= 15 is 0 Å². The van der Waals surface area contributed by atoms with Gasteiger partial charge in [0.1, 0.15) is 23.0 Å². The highest BCUT2D eigenvalue weighted by molar-refractivity contribution is 5.93. The molecule has 1 aliphatic heterocycles. The van der Waals surface area contributed by atoms with E-state index in [1.54, 1.807) is 43.6 Å². The van der Waals surface area contributed by atoms with Crippen LogP contribution >= 0.6 is 0 Å². The van der Waals surface area contributed by atoms with E-state index in [0.717, 1.165) is 16.8 Å². The maximum Gasteiger partial charge on any atom is 0.272 e. The third kappa shape index (κ3) is 4.23. The van der Waals surface area contributed by atoms with Gasteiger partial charge in [0.05, 0.1) is 26.1 Å². The number of nitrogens with zero attached hydrogens (tertiary/aromatic N) is 4. The summed E-state index contributed by atoms with van der Waals surface area (Å²) >= 11 is 0. The number of rotatable bonds is 5. The third-order valence-corrected chi connectivity index (χ3v) is 5.38. The molecule has 1 saturated heterocycles. The SMILES string of the molecule is COc1cc(C(=O)N2CCN(c3cnc(N)cc3OC)CC2)ncc1-c1ccccc1. The quantitative estimate of drug-likeness (QED) is 0.679. The highest BCUT2D eigenvalue weighted by Gasteiger charge is 2.25. The Kier molecular flexibility index (Phi) is 5.88. The Bertz CT molecular complexity index is 1070. The Labute approximate surface area is 181 Å². The highest BCUT2D eigenvalue weighted by Crippen LogP contribution is 2.31. The summed E-state index contributed by atoms with van der Waals surface area (Å²) in [5.74, 6) is 1.60. The summed E-state index contributed by atoms with van der Waals surface area (Å²) in [5, 5.41) is 0. The van der Waals surface area contributed by atoms with Crippen molar-refractivity contribution in [2.75, 3.05) is 51.0 Å². The lowest BCUT2D eigenvalue weighted by Gasteiger charge is -2.36. The van der Waals surface area contributed by atoms with Crippen molar-refractivity contribution in [1.82, 2.24) is 14.9 Å². The van der Waals surface area contributed by atoms with Crippen LogP contribution in [0, 0.1) is 0 Å². The van der Waals surface area contributed by atoms with Gasteiger partial charge >= 0.3 is 0 Å². The van der Waals surface area contributed by atoms with Crippen LogP contribution in [-0.4, -0.2) is 61.2 Å². The van der Waals surface area contributed by atoms with Gasteiger partial charge in [0.25, 0.3) is 5.91 Å². The fourth-order valence-electron chi connectivity index (χ4n) is 3.72. The van der Waals surface area contributed by atoms with Gasteiger partial charge in [-0.05, 0) is 5.56 Å². The normalized spacial score (nSPS) is 13.7. The minimum absolute atomic E-state index is 0.111. The zero-order valence-electron chi connectivity index (χ0n) is 17.6. The van der Waals surface area contributed by atoms with Gasteiger partial charge in [0.2, 0.25) is 0 Å². The molecule has 8 heteroatoms. The average Bonchev–Trinajstić information content (AvgIpc) is 2.83. The van der Waals surface area contributed by atoms with Crippen LogP contribution in [0.25, 0.3) is 11.1 Å². The maximum absolute atomic E-state index is 13.1. The third-order valence-electron chi connectivity index (χ3n) is 5.38. The van der Waals surface area contributed by atoms with E-state index in [0.29, 0.717) is 49.2 Å². The molecule has 0 spiro atoms. The van der Waals surface area contributed by atoms with Crippen LogP contribution in [0.1, 0.15) is 10.5 Å². The van der Waals surface area contributed by atoms with Crippen molar-refractivity contribution in [2.45, 2.75) is 0 Å². The summed E-state index contributed by atoms with van der Waals surface area (Å²) in [5.41, 5.74) is 8.84. The smallest absolute Gasteiger partial charge is 0.272 e. The number of hydrogen-bond donors (Lipinski definition) is 1. The summed E-state index contributed by atoms with van der Waals surface area (Å²) in [4.78, 5) is 25.6. The average molecular weight is 419 g/mol. The molecule has 1 amide bonds. The van der Waals surface area contributed by atoms with Gasteiger partial charge in [-0.2, -0.15) is 0 Å². The number of nitrogen functional groups attached to an aromatic ring is 1. The maximum atomic E-state index is 13.1. The lowest BCUT2D eigenvalue weighted by Crippen LogP contribution is -2.49. The van der Waals surface area contributed by atoms with E-state index in [1.165, 1.54) is 0 Å². The number of carbonyl (C=O) groups is 1. The number of anilines is 2. The lowest BCUT2D eigenvalue weighted by atomic mass is 10.1. The van der Waals surface area contributed by atoms with Crippen molar-refractivity contribution in [3.8, 4) is 22.6 Å². The Balaban J connectivity index is 1.48. The molecule has 0 saturated carbocycles. The van der Waals surface area contributed by atoms with E-state index in [1.807, 2.05) is 30.3 Å². The van der Waals surface area contributed by atoms with Gasteiger partial charge in [-0.3, -0.25) is 9.78 Å². The Hall–Kier alpha value is -3.81. The Morgan fingerprint density at radius 3 is 2.32 bits per heavy atom. The number of aromatic nitrogens is 2. The van der Waals surface area contributed by atoms with E-state index in [-0.39, 0.29) is 5.91 Å². The minimum atomic E-state index is -0.111. The molecule has 0 radical (unpaired) electrons. The van der Waals surface area contributed by atoms with Crippen LogP contribution < -0.4 is 20.1 Å². The van der Waals surface area contributed by atoms with E-state index < -0.39 is 0 Å². The number of pyridine rings is 2. The predicted molar refractivity (Wildman–Crippen MR) is 120 cm³/mol. The zero-order chi connectivity index (χ0) is 21.8. The number of hydrogen-bond acceptors (Lipinski definition) is 7. The first-order chi connectivity index (χ1) is 15.1. The van der Waals surface area contributed by atoms with Gasteiger partial charge in [0.15, 0.2) is 0 Å². The molecule has 0 bridgehead atoms. The topological polar surface area (TPSA) is 93.8 Å². The van der Waals surface area contributed by atoms with Crippen LogP contribution in [0.3, 0.4) is 0 Å². The molecular formula is C23H25N5O3. The molecule has 0 atom stereocenters. The number of piperazine rings is 1. The summed E-state index contributed by atoms with van der Waals surface area (Å²) in [6.45, 7) is 2.45. The molecule has 0 unspecified atom stereocenters. The molecule has 1 aromatic carbocycles. The number of ether oxygens (including phenoxy) is 2. The van der Waals surface area contributed by atoms with Crippen LogP contribution in [0.15, 0.2) is 54.9 Å². The minimum Gasteiger partial charge on any atom is -0.496 e. The summed E-state index contributed by atoms with van der Waals surface area (Å²) in [7, 11) is 3.21. The van der Waals surface area contributed by atoms with E-state index in [9.17, 15) is 4.79 Å². The van der Waals surface area contributed by atoms with Crippen molar-refractivity contribution < 1.29 is 14.3 Å². The molecule has 2 aromatic heterocycles. The van der Waals surface area contributed by atoms with Crippen molar-refractivity contribution in [3.63, 3.8) is 0 Å². The largest absolute Gasteiger partial charge is 0.496 e. The number of nitrogens with two attached hydrogens (primary N) is 1. The molecule has 0 aliphatic carbocycles. The monoisotopic (exact) mass is 419 g/mol. The summed E-state index contributed by atoms with van der Waals surface area (Å²) in [6, 6.07) is 13.3. The molecule has 1 aliphatic rings. The van der Waals surface area contributed by atoms with Gasteiger partial charge < -0.3 is 25.0 Å². The Morgan fingerprint density at radius 1 is 0.935 bits per heavy atom. The van der Waals surface area contributed by atoms with Crippen molar-refractivity contribution >= 4 is 17.4 Å². The van der Waals surface area contributed by atoms with Crippen molar-refractivity contribution in [1.29, 1.82) is 0 Å². The first-order valence-electron chi connectivity index (χ1n) is 10.0. The number of carbonyl (C=O) groups excluding carboxylic acids is 1. The number of benzene rings is 1. The number of amides is 1. The molecule has 3 aromatic rings. The lowest BCUT2D eigenvalue weighted by molar-refractivity contribution is 0.0740. The summed E-state index contributed by atoms with van der Waals surface area (Å²) < 4.78 is 11.0. The molecule has 3 heterocycles. The standard InChI is InChI=1S/C23H25N5O3/c1-30-20-12-18(25-14-17(20)16-6-4-3-5-7-16)23(29)28-10-8-27(9-11-28)19-15-26-22(24)13-21(19)31-2/h3-7,12-15H,8-11H2,1-2H3,(H2,24,26). The van der Waals surface area contributed by atoms with Gasteiger partial charge in [0, 0.05) is 50.1 Å². The van der Waals surface area contributed by atoms with Crippen molar-refractivity contribution in [2.24, 2.45) is 0 Å². The second-order valence-electron chi connectivity index (χ2n) is 7.20. The molecule has 1 fully saturated rings. The second-order valence-corrected chi connectivity index (χ2v) is 7.20. The molecule has 2 N–H and O–H groups in total. The predicted octanol–water partition coefficient (Wildman–Crippen LogP) is 2.71. The molecule has 160 valence electrons. The molecule has 31 heavy (non-hydrogen) atoms. The van der Waals surface area contributed by atoms with Crippen LogP contribution in [0.5, 0.6) is 11.5 Å². The first kappa shape index (κ1) is 20.5. The van der Waals surface area contributed by atoms with Crippen molar-refractivity contribution in [3.05, 3.63) is 60.6 Å². The van der Waals surface area contributed by atoms with E-state index in [2.05, 4.69) is 14.9 Å². The molecular weight excluding hydrogens is 394 g/mol. The summed E-state index contributed by atoms with van der Waals surface area (Å²) in [6.07, 6.45) is 3.41. The van der Waals surface area contributed by atoms with Crippen LogP contribution in [0.4, 0.5) is 11.5 Å². The number of methoxy groups -OCH3 is 2. The van der Waals surface area contributed by atoms with Crippen LogP contribution in [-0.2, 0) is 0 Å². The Morgan fingerprint density at radius 2 is 1.65 bits per heavy atom. The van der Waals surface area contributed by atoms with Crippen LogP contribution in [0.2, 0.25) is 0 Å². The van der Waals surface area contributed by atoms with Gasteiger partial charge in [-0.15, -0.1) is 0 Å².